The summed E-state index contributed by atoms with van der Waals surface area (Å²) in [5.41, 5.74) is 3.05. The Morgan fingerprint density at radius 1 is 1.43 bits per heavy atom. The summed E-state index contributed by atoms with van der Waals surface area (Å²) in [4.78, 5) is 17.0. The average molecular weight is 289 g/mol. The van der Waals surface area contributed by atoms with Crippen molar-refractivity contribution in [3.05, 3.63) is 29.3 Å². The maximum Gasteiger partial charge on any atom is 0.254 e. The first-order valence-electron chi connectivity index (χ1n) is 7.83. The van der Waals surface area contributed by atoms with Crippen molar-refractivity contribution in [1.82, 2.24) is 9.80 Å². The first kappa shape index (κ1) is 15.8. The molecule has 1 atom stereocenters. The summed E-state index contributed by atoms with van der Waals surface area (Å²) in [5.74, 6) is 0.172. The van der Waals surface area contributed by atoms with E-state index in [0.717, 1.165) is 49.3 Å². The SMILES string of the molecule is CCNc1ccc(C(=O)N2CCCC2CN(C)C)cc1C. The Morgan fingerprint density at radius 2 is 2.19 bits per heavy atom. The van der Waals surface area contributed by atoms with E-state index >= 15 is 0 Å². The molecule has 1 heterocycles. The molecule has 4 heteroatoms. The molecule has 0 radical (unpaired) electrons. The highest BCUT2D eigenvalue weighted by Crippen LogP contribution is 2.23. The molecule has 1 N–H and O–H groups in total. The second-order valence-corrected chi connectivity index (χ2v) is 6.12. The number of nitrogens with zero attached hydrogens (tertiary/aromatic N) is 2. The highest BCUT2D eigenvalue weighted by molar-refractivity contribution is 5.95. The Bertz CT molecular complexity index is 499. The van der Waals surface area contributed by atoms with Crippen molar-refractivity contribution in [3.8, 4) is 0 Å². The average Bonchev–Trinajstić information content (AvgIpc) is 2.87. The highest BCUT2D eigenvalue weighted by atomic mass is 16.2. The molecular weight excluding hydrogens is 262 g/mol. The number of rotatable bonds is 5. The van der Waals surface area contributed by atoms with Gasteiger partial charge in [-0.05, 0) is 64.5 Å². The van der Waals surface area contributed by atoms with Gasteiger partial charge in [-0.15, -0.1) is 0 Å². The van der Waals surface area contributed by atoms with Gasteiger partial charge in [0.2, 0.25) is 0 Å². The summed E-state index contributed by atoms with van der Waals surface area (Å²) in [7, 11) is 4.13. The van der Waals surface area contributed by atoms with Crippen LogP contribution in [0.15, 0.2) is 18.2 Å². The van der Waals surface area contributed by atoms with Gasteiger partial charge in [-0.25, -0.2) is 0 Å². The van der Waals surface area contributed by atoms with Gasteiger partial charge in [-0.3, -0.25) is 4.79 Å². The first-order chi connectivity index (χ1) is 10.0. The van der Waals surface area contributed by atoms with Crippen molar-refractivity contribution >= 4 is 11.6 Å². The van der Waals surface area contributed by atoms with Crippen molar-refractivity contribution in [1.29, 1.82) is 0 Å². The number of likely N-dealkylation sites (N-methyl/N-ethyl adjacent to an activating group) is 1. The van der Waals surface area contributed by atoms with E-state index in [1.165, 1.54) is 0 Å². The topological polar surface area (TPSA) is 35.6 Å². The zero-order chi connectivity index (χ0) is 15.4. The maximum atomic E-state index is 12.7. The molecule has 1 aliphatic heterocycles. The fourth-order valence-corrected chi connectivity index (χ4v) is 3.07. The van der Waals surface area contributed by atoms with Gasteiger partial charge < -0.3 is 15.1 Å². The molecule has 4 nitrogen and oxygen atoms in total. The van der Waals surface area contributed by atoms with Gasteiger partial charge in [0.25, 0.3) is 5.91 Å². The van der Waals surface area contributed by atoms with E-state index in [1.807, 2.05) is 23.1 Å². The van der Waals surface area contributed by atoms with Gasteiger partial charge in [0, 0.05) is 36.9 Å². The number of amides is 1. The van der Waals surface area contributed by atoms with Crippen molar-refractivity contribution in [2.45, 2.75) is 32.7 Å². The number of aryl methyl sites for hydroxylation is 1. The standard InChI is InChI=1S/C17H27N3O/c1-5-18-16-9-8-14(11-13(16)2)17(21)20-10-6-7-15(20)12-19(3)4/h8-9,11,15,18H,5-7,10,12H2,1-4H3. The van der Waals surface area contributed by atoms with Crippen molar-refractivity contribution in [2.24, 2.45) is 0 Å². The lowest BCUT2D eigenvalue weighted by Crippen LogP contribution is -2.41. The fourth-order valence-electron chi connectivity index (χ4n) is 3.07. The Kier molecular flexibility index (Phi) is 5.23. The van der Waals surface area contributed by atoms with E-state index in [9.17, 15) is 4.79 Å². The van der Waals surface area contributed by atoms with E-state index in [4.69, 9.17) is 0 Å². The number of hydrogen-bond donors (Lipinski definition) is 1. The number of anilines is 1. The van der Waals surface area contributed by atoms with Gasteiger partial charge in [-0.2, -0.15) is 0 Å². The monoisotopic (exact) mass is 289 g/mol. The van der Waals surface area contributed by atoms with Crippen LogP contribution in [-0.4, -0.2) is 55.5 Å². The van der Waals surface area contributed by atoms with E-state index in [-0.39, 0.29) is 5.91 Å². The third-order valence-corrected chi connectivity index (χ3v) is 4.05. The molecule has 1 aliphatic rings. The Balaban J connectivity index is 2.13. The quantitative estimate of drug-likeness (QED) is 0.905. The van der Waals surface area contributed by atoms with E-state index in [0.29, 0.717) is 6.04 Å². The molecule has 1 fully saturated rings. The van der Waals surface area contributed by atoms with Gasteiger partial charge in [0.05, 0.1) is 0 Å². The van der Waals surface area contributed by atoms with Crippen LogP contribution >= 0.6 is 0 Å². The maximum absolute atomic E-state index is 12.7. The van der Waals surface area contributed by atoms with Crippen LogP contribution in [-0.2, 0) is 0 Å². The predicted octanol–water partition coefficient (Wildman–Crippen LogP) is 2.59. The molecule has 116 valence electrons. The minimum Gasteiger partial charge on any atom is -0.385 e. The van der Waals surface area contributed by atoms with Gasteiger partial charge in [0.1, 0.15) is 0 Å². The molecule has 2 rings (SSSR count). The predicted molar refractivity (Wildman–Crippen MR) is 88.0 cm³/mol. The zero-order valence-electron chi connectivity index (χ0n) is 13.6. The van der Waals surface area contributed by atoms with E-state index in [2.05, 4.69) is 38.2 Å². The molecule has 1 aromatic carbocycles. The smallest absolute Gasteiger partial charge is 0.254 e. The molecule has 0 bridgehead atoms. The molecule has 1 saturated heterocycles. The van der Waals surface area contributed by atoms with Crippen LogP contribution in [0.4, 0.5) is 5.69 Å². The third kappa shape index (κ3) is 3.76. The fraction of sp³-hybridized carbons (Fsp3) is 0.588. The Morgan fingerprint density at radius 3 is 2.81 bits per heavy atom. The molecular formula is C17H27N3O. The largest absolute Gasteiger partial charge is 0.385 e. The minimum atomic E-state index is 0.172. The number of benzene rings is 1. The number of carbonyl (C=O) groups excluding carboxylic acids is 1. The molecule has 1 amide bonds. The number of nitrogens with one attached hydrogen (secondary N) is 1. The summed E-state index contributed by atoms with van der Waals surface area (Å²) in [6.45, 7) is 6.85. The highest BCUT2D eigenvalue weighted by Gasteiger charge is 2.29. The van der Waals surface area contributed by atoms with Crippen molar-refractivity contribution in [3.63, 3.8) is 0 Å². The van der Waals surface area contributed by atoms with Crippen LogP contribution in [0, 0.1) is 6.92 Å². The summed E-state index contributed by atoms with van der Waals surface area (Å²) in [5, 5.41) is 3.31. The summed E-state index contributed by atoms with van der Waals surface area (Å²) in [6.07, 6.45) is 2.22. The molecule has 1 unspecified atom stereocenters. The molecule has 1 aromatic rings. The van der Waals surface area contributed by atoms with Crippen LogP contribution < -0.4 is 5.32 Å². The van der Waals surface area contributed by atoms with E-state index in [1.54, 1.807) is 0 Å². The third-order valence-electron chi connectivity index (χ3n) is 4.05. The molecule has 0 aliphatic carbocycles. The van der Waals surface area contributed by atoms with Crippen LogP contribution in [0.2, 0.25) is 0 Å². The molecule has 0 spiro atoms. The van der Waals surface area contributed by atoms with E-state index < -0.39 is 0 Å². The Labute approximate surface area is 128 Å². The summed E-state index contributed by atoms with van der Waals surface area (Å²) < 4.78 is 0. The second-order valence-electron chi connectivity index (χ2n) is 6.12. The lowest BCUT2D eigenvalue weighted by molar-refractivity contribution is 0.0716. The van der Waals surface area contributed by atoms with Crippen LogP contribution in [0.25, 0.3) is 0 Å². The van der Waals surface area contributed by atoms with Crippen LogP contribution in [0.3, 0.4) is 0 Å². The van der Waals surface area contributed by atoms with Gasteiger partial charge >= 0.3 is 0 Å². The van der Waals surface area contributed by atoms with Crippen LogP contribution in [0.5, 0.6) is 0 Å². The molecule has 21 heavy (non-hydrogen) atoms. The van der Waals surface area contributed by atoms with Crippen molar-refractivity contribution in [2.75, 3.05) is 39.0 Å². The second kappa shape index (κ2) is 6.94. The molecule has 0 saturated carbocycles. The number of likely N-dealkylation sites (tertiary alicyclic amines) is 1. The number of hydrogen-bond acceptors (Lipinski definition) is 3. The zero-order valence-corrected chi connectivity index (χ0v) is 13.6. The lowest BCUT2D eigenvalue weighted by Gasteiger charge is -2.27. The first-order valence-corrected chi connectivity index (χ1v) is 7.83. The van der Waals surface area contributed by atoms with Crippen LogP contribution in [0.1, 0.15) is 35.7 Å². The summed E-state index contributed by atoms with van der Waals surface area (Å²) >= 11 is 0. The van der Waals surface area contributed by atoms with Crippen molar-refractivity contribution < 1.29 is 4.79 Å². The minimum absolute atomic E-state index is 0.172. The number of carbonyl (C=O) groups is 1. The Hall–Kier alpha value is -1.55. The normalized spacial score (nSPS) is 18.3. The molecule has 0 aromatic heterocycles. The summed E-state index contributed by atoms with van der Waals surface area (Å²) in [6, 6.07) is 6.31. The van der Waals surface area contributed by atoms with Gasteiger partial charge in [0.15, 0.2) is 0 Å². The van der Waals surface area contributed by atoms with Gasteiger partial charge in [-0.1, -0.05) is 0 Å². The lowest BCUT2D eigenvalue weighted by atomic mass is 10.1.